The highest BCUT2D eigenvalue weighted by atomic mass is 16.5. The third-order valence-corrected chi connectivity index (χ3v) is 4.38. The summed E-state index contributed by atoms with van der Waals surface area (Å²) >= 11 is 0. The van der Waals surface area contributed by atoms with Crippen LogP contribution < -0.4 is 19.5 Å². The second-order valence-electron chi connectivity index (χ2n) is 6.05. The Labute approximate surface area is 158 Å². The van der Waals surface area contributed by atoms with Crippen molar-refractivity contribution in [1.82, 2.24) is 4.98 Å². The van der Waals surface area contributed by atoms with Crippen LogP contribution in [0, 0.1) is 6.92 Å². The van der Waals surface area contributed by atoms with Crippen LogP contribution in [0.25, 0.3) is 10.9 Å². The lowest BCUT2D eigenvalue weighted by atomic mass is 10.1. The quantitative estimate of drug-likeness (QED) is 0.719. The van der Waals surface area contributed by atoms with Crippen molar-refractivity contribution in [2.24, 2.45) is 0 Å². The lowest BCUT2D eigenvalue weighted by molar-refractivity contribution is -0.115. The van der Waals surface area contributed by atoms with Gasteiger partial charge in [-0.2, -0.15) is 0 Å². The lowest BCUT2D eigenvalue weighted by Crippen LogP contribution is -2.15. The van der Waals surface area contributed by atoms with Crippen molar-refractivity contribution in [3.05, 3.63) is 53.7 Å². The Balaban J connectivity index is 1.88. The number of aromatic nitrogens is 1. The van der Waals surface area contributed by atoms with E-state index < -0.39 is 0 Å². The molecule has 0 spiro atoms. The van der Waals surface area contributed by atoms with E-state index >= 15 is 0 Å². The first-order chi connectivity index (χ1) is 13.1. The number of ether oxygens (including phenoxy) is 3. The molecule has 0 saturated heterocycles. The van der Waals surface area contributed by atoms with E-state index in [-0.39, 0.29) is 12.3 Å². The molecular weight excluding hydrogens is 344 g/mol. The molecule has 2 aromatic carbocycles. The number of fused-ring (bicyclic) bond motifs is 1. The predicted molar refractivity (Wildman–Crippen MR) is 105 cm³/mol. The van der Waals surface area contributed by atoms with Crippen molar-refractivity contribution in [3.8, 4) is 17.2 Å². The van der Waals surface area contributed by atoms with Crippen molar-refractivity contribution >= 4 is 22.5 Å². The van der Waals surface area contributed by atoms with Crippen LogP contribution in [-0.2, 0) is 11.2 Å². The number of nitrogens with one attached hydrogen (secondary N) is 1. The molecule has 0 atom stereocenters. The minimum atomic E-state index is -0.158. The second-order valence-corrected chi connectivity index (χ2v) is 6.05. The number of benzene rings is 2. The number of pyridine rings is 1. The number of methoxy groups -OCH3 is 3. The van der Waals surface area contributed by atoms with Gasteiger partial charge < -0.3 is 19.5 Å². The van der Waals surface area contributed by atoms with Gasteiger partial charge in [0, 0.05) is 17.1 Å². The predicted octanol–water partition coefficient (Wildman–Crippen LogP) is 3.75. The third kappa shape index (κ3) is 3.65. The van der Waals surface area contributed by atoms with E-state index in [9.17, 15) is 4.79 Å². The number of carbonyl (C=O) groups excluding carboxylic acids is 1. The summed E-state index contributed by atoms with van der Waals surface area (Å²) in [5, 5.41) is 3.88. The molecule has 6 heteroatoms. The summed E-state index contributed by atoms with van der Waals surface area (Å²) in [5.74, 6) is 1.35. The highest BCUT2D eigenvalue weighted by Gasteiger charge is 2.18. The van der Waals surface area contributed by atoms with Crippen LogP contribution in [0.2, 0.25) is 0 Å². The number of hydrogen-bond acceptors (Lipinski definition) is 5. The Morgan fingerprint density at radius 3 is 2.48 bits per heavy atom. The van der Waals surface area contributed by atoms with Gasteiger partial charge in [-0.25, -0.2) is 0 Å². The smallest absolute Gasteiger partial charge is 0.228 e. The number of aryl methyl sites for hydroxylation is 1. The molecule has 27 heavy (non-hydrogen) atoms. The van der Waals surface area contributed by atoms with Crippen molar-refractivity contribution in [2.45, 2.75) is 13.3 Å². The lowest BCUT2D eigenvalue weighted by Gasteiger charge is -2.16. The number of amides is 1. The summed E-state index contributed by atoms with van der Waals surface area (Å²) in [6.07, 6.45) is 1.88. The molecule has 0 aliphatic rings. The summed E-state index contributed by atoms with van der Waals surface area (Å²) in [6, 6.07) is 11.2. The zero-order valence-electron chi connectivity index (χ0n) is 15.8. The molecule has 0 saturated carbocycles. The first-order valence-corrected chi connectivity index (χ1v) is 8.51. The molecular formula is C21H22N2O4. The maximum atomic E-state index is 12.7. The van der Waals surface area contributed by atoms with Crippen LogP contribution in [0.4, 0.5) is 5.69 Å². The molecule has 0 bridgehead atoms. The van der Waals surface area contributed by atoms with E-state index in [0.717, 1.165) is 22.2 Å². The van der Waals surface area contributed by atoms with Crippen LogP contribution in [0.15, 0.2) is 42.6 Å². The van der Waals surface area contributed by atoms with Gasteiger partial charge in [0.1, 0.15) is 0 Å². The minimum Gasteiger partial charge on any atom is -0.493 e. The minimum absolute atomic E-state index is 0.138. The molecule has 0 unspecified atom stereocenters. The van der Waals surface area contributed by atoms with Gasteiger partial charge in [-0.15, -0.1) is 0 Å². The van der Waals surface area contributed by atoms with E-state index in [1.807, 2.05) is 31.2 Å². The highest BCUT2D eigenvalue weighted by Crippen LogP contribution is 2.40. The molecule has 6 nitrogen and oxygen atoms in total. The summed E-state index contributed by atoms with van der Waals surface area (Å²) in [5.41, 5.74) is 3.37. The van der Waals surface area contributed by atoms with Crippen molar-refractivity contribution < 1.29 is 19.0 Å². The van der Waals surface area contributed by atoms with Crippen LogP contribution in [0.5, 0.6) is 17.2 Å². The molecule has 3 aromatic rings. The molecule has 0 aliphatic heterocycles. The van der Waals surface area contributed by atoms with Crippen molar-refractivity contribution in [1.29, 1.82) is 0 Å². The summed E-state index contributed by atoms with van der Waals surface area (Å²) in [7, 11) is 4.63. The molecule has 3 rings (SSSR count). The average molecular weight is 366 g/mol. The molecule has 1 amide bonds. The van der Waals surface area contributed by atoms with Crippen LogP contribution in [-0.4, -0.2) is 32.2 Å². The van der Waals surface area contributed by atoms with Gasteiger partial charge in [-0.3, -0.25) is 9.78 Å². The fourth-order valence-electron chi connectivity index (χ4n) is 3.09. The van der Waals surface area contributed by atoms with Crippen LogP contribution in [0.3, 0.4) is 0 Å². The monoisotopic (exact) mass is 366 g/mol. The summed E-state index contributed by atoms with van der Waals surface area (Å²) < 4.78 is 16.1. The molecule has 0 fully saturated rings. The Morgan fingerprint density at radius 1 is 1.00 bits per heavy atom. The number of nitrogens with zero attached hydrogens (tertiary/aromatic N) is 1. The molecule has 1 N–H and O–H groups in total. The summed E-state index contributed by atoms with van der Waals surface area (Å²) in [6.45, 7) is 2.00. The fourth-order valence-corrected chi connectivity index (χ4v) is 3.09. The van der Waals surface area contributed by atoms with Gasteiger partial charge >= 0.3 is 0 Å². The van der Waals surface area contributed by atoms with Crippen molar-refractivity contribution in [2.75, 3.05) is 26.6 Å². The fraction of sp³-hybridized carbons (Fsp3) is 0.238. The Kier molecular flexibility index (Phi) is 5.45. The third-order valence-electron chi connectivity index (χ3n) is 4.38. The maximum absolute atomic E-state index is 12.7. The molecule has 140 valence electrons. The highest BCUT2D eigenvalue weighted by molar-refractivity contribution is 6.02. The van der Waals surface area contributed by atoms with E-state index in [1.165, 1.54) is 14.2 Å². The number of rotatable bonds is 6. The first kappa shape index (κ1) is 18.5. The van der Waals surface area contributed by atoms with E-state index in [2.05, 4.69) is 10.3 Å². The molecule has 0 aliphatic carbocycles. The van der Waals surface area contributed by atoms with Gasteiger partial charge in [0.2, 0.25) is 11.7 Å². The molecule has 1 heterocycles. The van der Waals surface area contributed by atoms with E-state index in [0.29, 0.717) is 22.8 Å². The van der Waals surface area contributed by atoms with Crippen LogP contribution >= 0.6 is 0 Å². The van der Waals surface area contributed by atoms with Crippen LogP contribution in [0.1, 0.15) is 11.1 Å². The molecule has 0 radical (unpaired) electrons. The number of carbonyl (C=O) groups is 1. The number of anilines is 1. The average Bonchev–Trinajstić information content (AvgIpc) is 2.69. The van der Waals surface area contributed by atoms with Gasteiger partial charge in [0.15, 0.2) is 11.5 Å². The maximum Gasteiger partial charge on any atom is 0.228 e. The zero-order chi connectivity index (χ0) is 19.4. The standard InChI is InChI=1S/C21H22N2O4/c1-13-7-9-16(15-6-5-11-22-19(13)15)23-18(24)12-14-8-10-17(25-2)21(27-4)20(14)26-3/h5-11H,12H2,1-4H3,(H,23,24). The second kappa shape index (κ2) is 7.95. The Hall–Kier alpha value is -3.28. The first-order valence-electron chi connectivity index (χ1n) is 8.51. The molecule has 1 aromatic heterocycles. The normalized spacial score (nSPS) is 10.5. The van der Waals surface area contributed by atoms with E-state index in [4.69, 9.17) is 14.2 Å². The SMILES string of the molecule is COc1ccc(CC(=O)Nc2ccc(C)c3ncccc23)c(OC)c1OC. The van der Waals surface area contributed by atoms with Gasteiger partial charge in [-0.1, -0.05) is 12.1 Å². The largest absolute Gasteiger partial charge is 0.493 e. The Bertz CT molecular complexity index is 985. The van der Waals surface area contributed by atoms with Crippen molar-refractivity contribution in [3.63, 3.8) is 0 Å². The Morgan fingerprint density at radius 2 is 1.78 bits per heavy atom. The topological polar surface area (TPSA) is 69.7 Å². The number of hydrogen-bond donors (Lipinski definition) is 1. The zero-order valence-corrected chi connectivity index (χ0v) is 15.8. The van der Waals surface area contributed by atoms with Gasteiger partial charge in [-0.05, 0) is 36.8 Å². The summed E-state index contributed by atoms with van der Waals surface area (Å²) in [4.78, 5) is 17.1. The van der Waals surface area contributed by atoms with E-state index in [1.54, 1.807) is 25.4 Å². The van der Waals surface area contributed by atoms with Gasteiger partial charge in [0.05, 0.1) is 39.0 Å². The van der Waals surface area contributed by atoms with Gasteiger partial charge in [0.25, 0.3) is 0 Å².